The van der Waals surface area contributed by atoms with Crippen molar-refractivity contribution < 1.29 is 14.3 Å². The van der Waals surface area contributed by atoms with Crippen molar-refractivity contribution in [3.63, 3.8) is 0 Å². The quantitative estimate of drug-likeness (QED) is 0.891. The molecular formula is C16H19NO3S. The fourth-order valence-electron chi connectivity index (χ4n) is 1.95. The minimum absolute atomic E-state index is 0.0468. The fraction of sp³-hybridized carbons (Fsp3) is 0.312. The van der Waals surface area contributed by atoms with Crippen LogP contribution >= 0.6 is 11.3 Å². The third kappa shape index (κ3) is 3.76. The number of rotatable bonds is 6. The lowest BCUT2D eigenvalue weighted by Gasteiger charge is -2.10. The number of carbonyl (C=O) groups excluding carboxylic acids is 1. The van der Waals surface area contributed by atoms with E-state index in [0.29, 0.717) is 18.0 Å². The second-order valence-electron chi connectivity index (χ2n) is 4.49. The van der Waals surface area contributed by atoms with Gasteiger partial charge in [0.1, 0.15) is 0 Å². The zero-order valence-corrected chi connectivity index (χ0v) is 13.3. The van der Waals surface area contributed by atoms with Crippen LogP contribution in [0.3, 0.4) is 0 Å². The number of amides is 1. The molecule has 1 N–H and O–H groups in total. The second-order valence-corrected chi connectivity index (χ2v) is 5.66. The molecule has 2 rings (SSSR count). The lowest BCUT2D eigenvalue weighted by molar-refractivity contribution is 0.0955. The van der Waals surface area contributed by atoms with Crippen LogP contribution in [0.15, 0.2) is 30.3 Å². The van der Waals surface area contributed by atoms with Gasteiger partial charge in [-0.25, -0.2) is 0 Å². The predicted octanol–water partition coefficient (Wildman–Crippen LogP) is 3.26. The Balaban J connectivity index is 2.00. The number of aryl methyl sites for hydroxylation is 1. The maximum absolute atomic E-state index is 12.1. The first kappa shape index (κ1) is 15.4. The summed E-state index contributed by atoms with van der Waals surface area (Å²) in [7, 11) is 3.19. The number of benzene rings is 1. The van der Waals surface area contributed by atoms with Crippen LogP contribution in [0, 0.1) is 0 Å². The summed E-state index contributed by atoms with van der Waals surface area (Å²) in [4.78, 5) is 14.0. The Hall–Kier alpha value is -2.01. The lowest BCUT2D eigenvalue weighted by atomic mass is 10.2. The smallest absolute Gasteiger partial charge is 0.261 e. The van der Waals surface area contributed by atoms with Crippen molar-refractivity contribution in [2.24, 2.45) is 0 Å². The van der Waals surface area contributed by atoms with E-state index in [0.717, 1.165) is 16.9 Å². The normalized spacial score (nSPS) is 10.2. The Kier molecular flexibility index (Phi) is 5.22. The predicted molar refractivity (Wildman–Crippen MR) is 84.4 cm³/mol. The van der Waals surface area contributed by atoms with Gasteiger partial charge in [-0.05, 0) is 36.2 Å². The van der Waals surface area contributed by atoms with Crippen molar-refractivity contribution in [3.05, 3.63) is 45.6 Å². The molecule has 0 fully saturated rings. The summed E-state index contributed by atoms with van der Waals surface area (Å²) in [6.45, 7) is 2.54. The average Bonchev–Trinajstić information content (AvgIpc) is 3.01. The van der Waals surface area contributed by atoms with E-state index in [4.69, 9.17) is 9.47 Å². The first-order valence-corrected chi connectivity index (χ1v) is 7.57. The molecule has 0 atom stereocenters. The van der Waals surface area contributed by atoms with Crippen LogP contribution < -0.4 is 14.8 Å². The molecule has 1 heterocycles. The van der Waals surface area contributed by atoms with E-state index in [1.54, 1.807) is 14.2 Å². The second kappa shape index (κ2) is 7.13. The number of hydrogen-bond acceptors (Lipinski definition) is 4. The first-order valence-electron chi connectivity index (χ1n) is 6.75. The van der Waals surface area contributed by atoms with Crippen LogP contribution in [-0.4, -0.2) is 20.1 Å². The van der Waals surface area contributed by atoms with Gasteiger partial charge in [0.05, 0.1) is 19.1 Å². The number of carbonyl (C=O) groups is 1. The van der Waals surface area contributed by atoms with Crippen molar-refractivity contribution in [1.82, 2.24) is 5.32 Å². The average molecular weight is 305 g/mol. The van der Waals surface area contributed by atoms with Gasteiger partial charge < -0.3 is 14.8 Å². The Morgan fingerprint density at radius 2 is 1.90 bits per heavy atom. The highest BCUT2D eigenvalue weighted by Gasteiger charge is 2.09. The molecule has 2 aromatic rings. The molecule has 1 aromatic heterocycles. The van der Waals surface area contributed by atoms with Crippen molar-refractivity contribution in [2.45, 2.75) is 19.9 Å². The topological polar surface area (TPSA) is 47.6 Å². The minimum atomic E-state index is -0.0468. The molecule has 1 aromatic carbocycles. The monoisotopic (exact) mass is 305 g/mol. The molecule has 0 aliphatic heterocycles. The molecule has 21 heavy (non-hydrogen) atoms. The number of nitrogens with one attached hydrogen (secondary N) is 1. The van der Waals surface area contributed by atoms with Gasteiger partial charge in [-0.15, -0.1) is 11.3 Å². The summed E-state index contributed by atoms with van der Waals surface area (Å²) >= 11 is 1.53. The Morgan fingerprint density at radius 1 is 1.14 bits per heavy atom. The van der Waals surface area contributed by atoms with Gasteiger partial charge in [0.25, 0.3) is 5.91 Å². The fourth-order valence-corrected chi connectivity index (χ4v) is 2.81. The van der Waals surface area contributed by atoms with Gasteiger partial charge in [-0.1, -0.05) is 13.0 Å². The van der Waals surface area contributed by atoms with Gasteiger partial charge in [0, 0.05) is 11.4 Å². The van der Waals surface area contributed by atoms with Gasteiger partial charge in [0.2, 0.25) is 0 Å². The van der Waals surface area contributed by atoms with E-state index < -0.39 is 0 Å². The van der Waals surface area contributed by atoms with Crippen LogP contribution in [0.25, 0.3) is 0 Å². The lowest BCUT2D eigenvalue weighted by Crippen LogP contribution is -2.21. The largest absolute Gasteiger partial charge is 0.493 e. The van der Waals surface area contributed by atoms with Gasteiger partial charge in [0.15, 0.2) is 11.5 Å². The van der Waals surface area contributed by atoms with E-state index in [1.807, 2.05) is 30.3 Å². The van der Waals surface area contributed by atoms with Crippen LogP contribution in [0.5, 0.6) is 11.5 Å². The highest BCUT2D eigenvalue weighted by atomic mass is 32.1. The summed E-state index contributed by atoms with van der Waals surface area (Å²) in [5.74, 6) is 1.29. The van der Waals surface area contributed by atoms with Crippen molar-refractivity contribution in [1.29, 1.82) is 0 Å². The summed E-state index contributed by atoms with van der Waals surface area (Å²) in [6, 6.07) is 9.47. The molecule has 0 radical (unpaired) electrons. The molecule has 0 unspecified atom stereocenters. The van der Waals surface area contributed by atoms with Gasteiger partial charge in [-0.2, -0.15) is 0 Å². The number of methoxy groups -OCH3 is 2. The van der Waals surface area contributed by atoms with Crippen LogP contribution in [0.4, 0.5) is 0 Å². The molecule has 0 aliphatic rings. The summed E-state index contributed by atoms with van der Waals surface area (Å²) < 4.78 is 10.4. The third-order valence-electron chi connectivity index (χ3n) is 3.13. The Bertz CT molecular complexity index is 622. The van der Waals surface area contributed by atoms with E-state index in [2.05, 4.69) is 12.2 Å². The molecule has 4 nitrogen and oxygen atoms in total. The van der Waals surface area contributed by atoms with E-state index in [9.17, 15) is 4.79 Å². The zero-order valence-electron chi connectivity index (χ0n) is 12.4. The standard InChI is InChI=1S/C16H19NO3S/c1-4-12-6-8-15(21-12)16(18)17-10-11-5-7-13(19-2)14(9-11)20-3/h5-9H,4,10H2,1-3H3,(H,17,18). The molecule has 0 spiro atoms. The number of hydrogen-bond donors (Lipinski definition) is 1. The van der Waals surface area contributed by atoms with Gasteiger partial charge >= 0.3 is 0 Å². The summed E-state index contributed by atoms with van der Waals surface area (Å²) in [5, 5.41) is 2.92. The van der Waals surface area contributed by atoms with E-state index in [-0.39, 0.29) is 5.91 Å². The highest BCUT2D eigenvalue weighted by molar-refractivity contribution is 7.14. The molecule has 0 saturated carbocycles. The number of ether oxygens (including phenoxy) is 2. The minimum Gasteiger partial charge on any atom is -0.493 e. The van der Waals surface area contributed by atoms with E-state index >= 15 is 0 Å². The van der Waals surface area contributed by atoms with Gasteiger partial charge in [-0.3, -0.25) is 4.79 Å². The van der Waals surface area contributed by atoms with Crippen molar-refractivity contribution >= 4 is 17.2 Å². The molecular weight excluding hydrogens is 286 g/mol. The molecule has 0 aliphatic carbocycles. The molecule has 5 heteroatoms. The van der Waals surface area contributed by atoms with Crippen molar-refractivity contribution in [2.75, 3.05) is 14.2 Å². The van der Waals surface area contributed by atoms with Crippen LogP contribution in [0.1, 0.15) is 27.0 Å². The first-order chi connectivity index (χ1) is 10.2. The summed E-state index contributed by atoms with van der Waals surface area (Å²) in [6.07, 6.45) is 0.952. The zero-order chi connectivity index (χ0) is 15.2. The van der Waals surface area contributed by atoms with Crippen LogP contribution in [-0.2, 0) is 13.0 Å². The highest BCUT2D eigenvalue weighted by Crippen LogP contribution is 2.27. The number of thiophene rings is 1. The van der Waals surface area contributed by atoms with Crippen LogP contribution in [0.2, 0.25) is 0 Å². The van der Waals surface area contributed by atoms with E-state index in [1.165, 1.54) is 16.2 Å². The molecule has 1 amide bonds. The third-order valence-corrected chi connectivity index (χ3v) is 4.36. The maximum Gasteiger partial charge on any atom is 0.261 e. The molecule has 0 saturated heterocycles. The Morgan fingerprint density at radius 3 is 2.52 bits per heavy atom. The summed E-state index contributed by atoms with van der Waals surface area (Å²) in [5.41, 5.74) is 0.966. The Labute approximate surface area is 128 Å². The maximum atomic E-state index is 12.1. The molecule has 112 valence electrons. The molecule has 0 bridgehead atoms. The van der Waals surface area contributed by atoms with Crippen molar-refractivity contribution in [3.8, 4) is 11.5 Å². The SMILES string of the molecule is CCc1ccc(C(=O)NCc2ccc(OC)c(OC)c2)s1.